The van der Waals surface area contributed by atoms with Crippen LogP contribution in [0, 0.1) is 3.95 Å². The van der Waals surface area contributed by atoms with Gasteiger partial charge in [0.25, 0.3) is 0 Å². The van der Waals surface area contributed by atoms with Gasteiger partial charge in [0.2, 0.25) is 5.88 Å². The highest BCUT2D eigenvalue weighted by Crippen LogP contribution is 2.36. The topological polar surface area (TPSA) is 50.4 Å². The van der Waals surface area contributed by atoms with Crippen LogP contribution in [0.3, 0.4) is 0 Å². The third-order valence-electron chi connectivity index (χ3n) is 3.56. The largest absolute Gasteiger partial charge is 0.493 e. The van der Waals surface area contributed by atoms with Crippen LogP contribution in [0.4, 0.5) is 5.69 Å². The third kappa shape index (κ3) is 2.42. The van der Waals surface area contributed by atoms with Crippen LogP contribution < -0.4 is 0 Å². The Labute approximate surface area is 141 Å². The van der Waals surface area contributed by atoms with Gasteiger partial charge in [-0.05, 0) is 36.5 Å². The van der Waals surface area contributed by atoms with E-state index in [1.165, 1.54) is 11.3 Å². The molecule has 0 spiro atoms. The lowest BCUT2D eigenvalue weighted by molar-refractivity contribution is 0.441. The van der Waals surface area contributed by atoms with Crippen molar-refractivity contribution in [1.82, 2.24) is 9.55 Å². The molecule has 23 heavy (non-hydrogen) atoms. The van der Waals surface area contributed by atoms with Gasteiger partial charge < -0.3 is 5.11 Å². The number of thiazole rings is 1. The first kappa shape index (κ1) is 14.0. The van der Waals surface area contributed by atoms with Crippen LogP contribution in [0.1, 0.15) is 10.4 Å². The van der Waals surface area contributed by atoms with E-state index in [2.05, 4.69) is 9.98 Å². The molecule has 1 aromatic carbocycles. The number of pyridine rings is 1. The summed E-state index contributed by atoms with van der Waals surface area (Å²) in [5.41, 5.74) is 3.70. The SMILES string of the molecule is Oc1c(C=C2C=Nc3ccccc32)sc(=S)n1-c1cccnc1. The zero-order valence-corrected chi connectivity index (χ0v) is 13.5. The normalized spacial score (nSPS) is 14.3. The summed E-state index contributed by atoms with van der Waals surface area (Å²) in [7, 11) is 0. The Morgan fingerprint density at radius 3 is 2.87 bits per heavy atom. The van der Waals surface area contributed by atoms with E-state index in [9.17, 15) is 5.11 Å². The molecule has 0 saturated carbocycles. The Balaban J connectivity index is 1.83. The number of allylic oxidation sites excluding steroid dienone is 1. The molecule has 0 saturated heterocycles. The first-order valence-corrected chi connectivity index (χ1v) is 8.17. The van der Waals surface area contributed by atoms with Gasteiger partial charge in [0.05, 0.1) is 22.4 Å². The summed E-state index contributed by atoms with van der Waals surface area (Å²) < 4.78 is 2.20. The molecule has 0 aliphatic carbocycles. The van der Waals surface area contributed by atoms with Crippen molar-refractivity contribution in [3.8, 4) is 11.6 Å². The first-order valence-electron chi connectivity index (χ1n) is 6.94. The lowest BCUT2D eigenvalue weighted by Crippen LogP contribution is -1.93. The summed E-state index contributed by atoms with van der Waals surface area (Å²) in [6, 6.07) is 11.6. The van der Waals surface area contributed by atoms with Crippen LogP contribution in [0.25, 0.3) is 17.3 Å². The third-order valence-corrected chi connectivity index (χ3v) is 4.87. The van der Waals surface area contributed by atoms with Crippen molar-refractivity contribution in [2.45, 2.75) is 0 Å². The molecule has 1 N–H and O–H groups in total. The smallest absolute Gasteiger partial charge is 0.215 e. The lowest BCUT2D eigenvalue weighted by atomic mass is 10.1. The minimum Gasteiger partial charge on any atom is -0.493 e. The maximum absolute atomic E-state index is 10.6. The van der Waals surface area contributed by atoms with E-state index in [1.54, 1.807) is 23.2 Å². The fourth-order valence-corrected chi connectivity index (χ4v) is 3.79. The molecule has 2 aromatic heterocycles. The Morgan fingerprint density at radius 2 is 2.04 bits per heavy atom. The fraction of sp³-hybridized carbons (Fsp3) is 0. The summed E-state index contributed by atoms with van der Waals surface area (Å²) in [5, 5.41) is 10.6. The number of nitrogens with zero attached hydrogens (tertiary/aromatic N) is 3. The Bertz CT molecular complexity index is 1000. The van der Waals surface area contributed by atoms with Crippen molar-refractivity contribution in [2.75, 3.05) is 0 Å². The number of benzene rings is 1. The molecule has 4 rings (SSSR count). The lowest BCUT2D eigenvalue weighted by Gasteiger charge is -2.03. The number of aliphatic imine (C=N–C) groups is 1. The van der Waals surface area contributed by atoms with Gasteiger partial charge in [-0.25, -0.2) is 0 Å². The van der Waals surface area contributed by atoms with Gasteiger partial charge in [-0.1, -0.05) is 18.2 Å². The van der Waals surface area contributed by atoms with E-state index in [0.29, 0.717) is 8.83 Å². The van der Waals surface area contributed by atoms with Gasteiger partial charge in [-0.2, -0.15) is 0 Å². The molecular weight excluding hydrogens is 326 g/mol. The van der Waals surface area contributed by atoms with Crippen molar-refractivity contribution in [2.24, 2.45) is 4.99 Å². The van der Waals surface area contributed by atoms with Crippen LogP contribution in [0.2, 0.25) is 0 Å². The summed E-state index contributed by atoms with van der Waals surface area (Å²) in [6.45, 7) is 0. The molecule has 4 nitrogen and oxygen atoms in total. The second kappa shape index (κ2) is 5.57. The quantitative estimate of drug-likeness (QED) is 0.694. The molecule has 0 amide bonds. The van der Waals surface area contributed by atoms with Crippen molar-refractivity contribution in [3.63, 3.8) is 0 Å². The maximum Gasteiger partial charge on any atom is 0.215 e. The molecule has 0 radical (unpaired) electrons. The number of aromatic nitrogens is 2. The van der Waals surface area contributed by atoms with Crippen molar-refractivity contribution >= 4 is 47.1 Å². The van der Waals surface area contributed by atoms with Gasteiger partial charge in [-0.15, -0.1) is 11.3 Å². The van der Waals surface area contributed by atoms with Gasteiger partial charge >= 0.3 is 0 Å². The van der Waals surface area contributed by atoms with Gasteiger partial charge in [0.15, 0.2) is 3.95 Å². The van der Waals surface area contributed by atoms with E-state index >= 15 is 0 Å². The molecular formula is C17H11N3OS2. The molecule has 3 heterocycles. The molecule has 1 aliphatic heterocycles. The van der Waals surface area contributed by atoms with Crippen LogP contribution >= 0.6 is 23.6 Å². The fourth-order valence-electron chi connectivity index (χ4n) is 2.48. The van der Waals surface area contributed by atoms with Crippen LogP contribution in [0.5, 0.6) is 5.88 Å². The zero-order chi connectivity index (χ0) is 15.8. The summed E-state index contributed by atoms with van der Waals surface area (Å²) >= 11 is 6.75. The Hall–Kier alpha value is -2.57. The molecule has 112 valence electrons. The zero-order valence-electron chi connectivity index (χ0n) is 11.9. The van der Waals surface area contributed by atoms with Gasteiger partial charge in [0, 0.05) is 23.5 Å². The Morgan fingerprint density at radius 1 is 1.17 bits per heavy atom. The molecule has 0 atom stereocenters. The molecule has 1 aliphatic rings. The number of hydrogen-bond donors (Lipinski definition) is 1. The Kier molecular flexibility index (Phi) is 3.40. The number of fused-ring (bicyclic) bond motifs is 1. The van der Waals surface area contributed by atoms with Crippen molar-refractivity contribution < 1.29 is 5.11 Å². The van der Waals surface area contributed by atoms with E-state index < -0.39 is 0 Å². The number of rotatable bonds is 2. The predicted octanol–water partition coefficient (Wildman–Crippen LogP) is 4.63. The molecule has 3 aromatic rings. The maximum atomic E-state index is 10.6. The predicted molar refractivity (Wildman–Crippen MR) is 96.4 cm³/mol. The number of hydrogen-bond acceptors (Lipinski definition) is 5. The van der Waals surface area contributed by atoms with E-state index in [1.807, 2.05) is 42.5 Å². The van der Waals surface area contributed by atoms with E-state index in [0.717, 1.165) is 22.5 Å². The molecule has 6 heteroatoms. The van der Waals surface area contributed by atoms with E-state index in [-0.39, 0.29) is 5.88 Å². The first-order chi connectivity index (χ1) is 11.2. The van der Waals surface area contributed by atoms with Crippen LogP contribution in [-0.2, 0) is 0 Å². The van der Waals surface area contributed by atoms with Crippen molar-refractivity contribution in [1.29, 1.82) is 0 Å². The standard InChI is InChI=1S/C17H11N3OS2/c21-16-15(8-11-9-19-14-6-2-1-5-13(11)14)23-17(22)20(16)12-4-3-7-18-10-12/h1-10,21H. The van der Waals surface area contributed by atoms with Gasteiger partial charge in [-0.3, -0.25) is 14.5 Å². The van der Waals surface area contributed by atoms with Gasteiger partial charge in [0.1, 0.15) is 0 Å². The minimum absolute atomic E-state index is 0.123. The highest BCUT2D eigenvalue weighted by Gasteiger charge is 2.16. The summed E-state index contributed by atoms with van der Waals surface area (Å²) in [4.78, 5) is 9.16. The number of para-hydroxylation sites is 1. The molecule has 0 unspecified atom stereocenters. The average Bonchev–Trinajstić information content (AvgIpc) is 3.10. The van der Waals surface area contributed by atoms with E-state index in [4.69, 9.17) is 12.2 Å². The van der Waals surface area contributed by atoms with Crippen LogP contribution in [0.15, 0.2) is 53.8 Å². The van der Waals surface area contributed by atoms with Crippen LogP contribution in [-0.4, -0.2) is 20.9 Å². The molecule has 0 bridgehead atoms. The molecule has 0 fully saturated rings. The second-order valence-corrected chi connectivity index (χ2v) is 6.65. The highest BCUT2D eigenvalue weighted by atomic mass is 32.1. The monoisotopic (exact) mass is 337 g/mol. The summed E-state index contributed by atoms with van der Waals surface area (Å²) in [6.07, 6.45) is 7.08. The minimum atomic E-state index is 0.123. The second-order valence-electron chi connectivity index (χ2n) is 4.98. The summed E-state index contributed by atoms with van der Waals surface area (Å²) in [5.74, 6) is 0.123. The average molecular weight is 337 g/mol. The highest BCUT2D eigenvalue weighted by molar-refractivity contribution is 7.73. The number of aromatic hydroxyl groups is 1. The van der Waals surface area contributed by atoms with Crippen molar-refractivity contribution in [3.05, 3.63) is 63.2 Å².